The van der Waals surface area contributed by atoms with Crippen LogP contribution in [0, 0.1) is 13.8 Å². The summed E-state index contributed by atoms with van der Waals surface area (Å²) < 4.78 is 6.17. The molecule has 18 heavy (non-hydrogen) atoms. The molecule has 2 aromatic heterocycles. The number of esters is 1. The first-order valence-electron chi connectivity index (χ1n) is 5.75. The van der Waals surface area contributed by atoms with Gasteiger partial charge in [-0.2, -0.15) is 0 Å². The predicted molar refractivity (Wildman–Crippen MR) is 66.5 cm³/mol. The fourth-order valence-electron chi connectivity index (χ4n) is 1.86. The molecule has 6 nitrogen and oxygen atoms in total. The van der Waals surface area contributed by atoms with Crippen molar-refractivity contribution in [3.8, 4) is 0 Å². The molecule has 0 saturated carbocycles. The fraction of sp³-hybridized carbons (Fsp3) is 0.417. The van der Waals surface area contributed by atoms with Crippen molar-refractivity contribution in [1.29, 1.82) is 0 Å². The Morgan fingerprint density at radius 2 is 2.22 bits per heavy atom. The quantitative estimate of drug-likeness (QED) is 0.820. The van der Waals surface area contributed by atoms with Crippen LogP contribution < -0.4 is 5.56 Å². The Morgan fingerprint density at radius 1 is 1.50 bits per heavy atom. The highest BCUT2D eigenvalue weighted by molar-refractivity contribution is 5.76. The van der Waals surface area contributed by atoms with E-state index in [1.54, 1.807) is 19.9 Å². The molecule has 0 aliphatic carbocycles. The number of carbonyl (C=O) groups excluding carboxylic acids is 1. The van der Waals surface area contributed by atoms with E-state index in [0.717, 1.165) is 5.69 Å². The number of carbonyl (C=O) groups is 1. The number of H-pyrrole nitrogens is 1. The Morgan fingerprint density at radius 3 is 2.89 bits per heavy atom. The highest BCUT2D eigenvalue weighted by Gasteiger charge is 2.13. The van der Waals surface area contributed by atoms with Gasteiger partial charge in [-0.3, -0.25) is 14.2 Å². The van der Waals surface area contributed by atoms with E-state index in [4.69, 9.17) is 4.74 Å². The van der Waals surface area contributed by atoms with Crippen LogP contribution >= 0.6 is 0 Å². The highest BCUT2D eigenvalue weighted by Crippen LogP contribution is 2.09. The van der Waals surface area contributed by atoms with Crippen LogP contribution in [0.5, 0.6) is 0 Å². The summed E-state index contributed by atoms with van der Waals surface area (Å²) in [5.74, 6) is 0.0542. The Kier molecular flexibility index (Phi) is 3.18. The summed E-state index contributed by atoms with van der Waals surface area (Å²) in [6.45, 7) is 5.46. The summed E-state index contributed by atoms with van der Waals surface area (Å²) in [4.78, 5) is 30.9. The Hall–Kier alpha value is -2.11. The Labute approximate surface area is 104 Å². The first-order valence-corrected chi connectivity index (χ1v) is 5.75. The van der Waals surface area contributed by atoms with Gasteiger partial charge in [0.05, 0.1) is 12.0 Å². The van der Waals surface area contributed by atoms with Crippen molar-refractivity contribution in [3.05, 3.63) is 27.9 Å². The van der Waals surface area contributed by atoms with E-state index < -0.39 is 5.97 Å². The number of aromatic nitrogens is 3. The lowest BCUT2D eigenvalue weighted by Gasteiger charge is -2.08. The summed E-state index contributed by atoms with van der Waals surface area (Å²) in [6.07, 6.45) is 0. The van der Waals surface area contributed by atoms with Crippen LogP contribution in [0.15, 0.2) is 10.9 Å². The second kappa shape index (κ2) is 4.64. The van der Waals surface area contributed by atoms with Gasteiger partial charge in [0.1, 0.15) is 18.0 Å². The van der Waals surface area contributed by atoms with Crippen molar-refractivity contribution in [3.63, 3.8) is 0 Å². The number of hydrogen-bond acceptors (Lipinski definition) is 4. The SMILES string of the molecule is CCOC(=O)Cn1c(C)nc2[nH]c(C)cc2c1=O. The van der Waals surface area contributed by atoms with Gasteiger partial charge in [-0.25, -0.2) is 4.98 Å². The second-order valence-electron chi connectivity index (χ2n) is 4.07. The fourth-order valence-corrected chi connectivity index (χ4v) is 1.86. The van der Waals surface area contributed by atoms with Crippen molar-refractivity contribution in [1.82, 2.24) is 14.5 Å². The van der Waals surface area contributed by atoms with Gasteiger partial charge in [-0.05, 0) is 26.8 Å². The number of aromatic amines is 1. The summed E-state index contributed by atoms with van der Waals surface area (Å²) in [6, 6.07) is 1.73. The Balaban J connectivity index is 2.50. The maximum atomic E-state index is 12.2. The molecule has 0 atom stereocenters. The summed E-state index contributed by atoms with van der Waals surface area (Å²) in [5.41, 5.74) is 1.19. The Bertz CT molecular complexity index is 654. The minimum Gasteiger partial charge on any atom is -0.465 e. The second-order valence-corrected chi connectivity index (χ2v) is 4.07. The molecule has 96 valence electrons. The smallest absolute Gasteiger partial charge is 0.326 e. The van der Waals surface area contributed by atoms with Crippen molar-refractivity contribution in [2.75, 3.05) is 6.61 Å². The first-order chi connectivity index (χ1) is 8.52. The average molecular weight is 249 g/mol. The van der Waals surface area contributed by atoms with Gasteiger partial charge in [-0.15, -0.1) is 0 Å². The minimum absolute atomic E-state index is 0.105. The van der Waals surface area contributed by atoms with Crippen LogP contribution in [0.3, 0.4) is 0 Å². The molecule has 0 fully saturated rings. The molecule has 6 heteroatoms. The molecule has 2 heterocycles. The third-order valence-electron chi connectivity index (χ3n) is 2.66. The van der Waals surface area contributed by atoms with Gasteiger partial charge >= 0.3 is 5.97 Å². The highest BCUT2D eigenvalue weighted by atomic mass is 16.5. The molecular weight excluding hydrogens is 234 g/mol. The van der Waals surface area contributed by atoms with E-state index in [0.29, 0.717) is 23.5 Å². The van der Waals surface area contributed by atoms with Crippen LogP contribution in [-0.2, 0) is 16.1 Å². The molecule has 1 N–H and O–H groups in total. The molecule has 0 radical (unpaired) electrons. The van der Waals surface area contributed by atoms with Crippen molar-refractivity contribution >= 4 is 17.0 Å². The van der Waals surface area contributed by atoms with Gasteiger partial charge in [0.2, 0.25) is 0 Å². The maximum absolute atomic E-state index is 12.2. The van der Waals surface area contributed by atoms with Gasteiger partial charge in [0.25, 0.3) is 5.56 Å². The standard InChI is InChI=1S/C12H15N3O3/c1-4-18-10(16)6-15-8(3)14-11-9(12(15)17)5-7(2)13-11/h5,13H,4,6H2,1-3H3. The lowest BCUT2D eigenvalue weighted by Crippen LogP contribution is -2.28. The number of nitrogens with one attached hydrogen (secondary N) is 1. The molecule has 0 spiro atoms. The van der Waals surface area contributed by atoms with Gasteiger partial charge in [-0.1, -0.05) is 0 Å². The average Bonchev–Trinajstić information content (AvgIpc) is 2.65. The summed E-state index contributed by atoms with van der Waals surface area (Å²) in [7, 11) is 0. The molecule has 0 aliphatic rings. The van der Waals surface area contributed by atoms with Crippen molar-refractivity contribution < 1.29 is 9.53 Å². The number of rotatable bonds is 3. The van der Waals surface area contributed by atoms with E-state index in [1.807, 2.05) is 6.92 Å². The van der Waals surface area contributed by atoms with Crippen LogP contribution in [0.1, 0.15) is 18.4 Å². The molecule has 2 aromatic rings. The van der Waals surface area contributed by atoms with E-state index >= 15 is 0 Å². The number of nitrogens with zero attached hydrogens (tertiary/aromatic N) is 2. The zero-order valence-electron chi connectivity index (χ0n) is 10.6. The zero-order valence-corrected chi connectivity index (χ0v) is 10.6. The maximum Gasteiger partial charge on any atom is 0.326 e. The lowest BCUT2D eigenvalue weighted by atomic mass is 10.3. The lowest BCUT2D eigenvalue weighted by molar-refractivity contribution is -0.143. The molecule has 0 unspecified atom stereocenters. The van der Waals surface area contributed by atoms with E-state index in [2.05, 4.69) is 9.97 Å². The van der Waals surface area contributed by atoms with Gasteiger partial charge < -0.3 is 9.72 Å². The predicted octanol–water partition coefficient (Wildman–Crippen LogP) is 0.905. The number of fused-ring (bicyclic) bond motifs is 1. The van der Waals surface area contributed by atoms with Crippen LogP contribution in [0.2, 0.25) is 0 Å². The molecule has 0 saturated heterocycles. The topological polar surface area (TPSA) is 77.0 Å². The number of ether oxygens (including phenoxy) is 1. The van der Waals surface area contributed by atoms with E-state index in [1.165, 1.54) is 4.57 Å². The molecule has 0 aliphatic heterocycles. The molecule has 0 bridgehead atoms. The van der Waals surface area contributed by atoms with Crippen molar-refractivity contribution in [2.24, 2.45) is 0 Å². The van der Waals surface area contributed by atoms with Crippen LogP contribution in [-0.4, -0.2) is 27.1 Å². The molecule has 2 rings (SSSR count). The zero-order chi connectivity index (χ0) is 13.3. The van der Waals surface area contributed by atoms with E-state index in [9.17, 15) is 9.59 Å². The monoisotopic (exact) mass is 249 g/mol. The van der Waals surface area contributed by atoms with Gasteiger partial charge in [0, 0.05) is 5.69 Å². The van der Waals surface area contributed by atoms with E-state index in [-0.39, 0.29) is 12.1 Å². The molecule has 0 aromatic carbocycles. The minimum atomic E-state index is -0.434. The van der Waals surface area contributed by atoms with Crippen molar-refractivity contribution in [2.45, 2.75) is 27.3 Å². The summed E-state index contributed by atoms with van der Waals surface area (Å²) in [5, 5.41) is 0.488. The first kappa shape index (κ1) is 12.3. The third kappa shape index (κ3) is 2.13. The normalized spacial score (nSPS) is 10.8. The summed E-state index contributed by atoms with van der Waals surface area (Å²) >= 11 is 0. The van der Waals surface area contributed by atoms with Crippen LogP contribution in [0.4, 0.5) is 0 Å². The number of hydrogen-bond donors (Lipinski definition) is 1. The third-order valence-corrected chi connectivity index (χ3v) is 2.66. The number of aryl methyl sites for hydroxylation is 2. The van der Waals surface area contributed by atoms with Crippen LogP contribution in [0.25, 0.3) is 11.0 Å². The largest absolute Gasteiger partial charge is 0.465 e. The molecular formula is C12H15N3O3. The van der Waals surface area contributed by atoms with Gasteiger partial charge in [0.15, 0.2) is 0 Å². The molecule has 0 amide bonds.